The topological polar surface area (TPSA) is 38.7 Å². The Morgan fingerprint density at radius 3 is 2.88 bits per heavy atom. The molecule has 3 rings (SSSR count). The number of rotatable bonds is 1. The van der Waals surface area contributed by atoms with Crippen LogP contribution in [0.4, 0.5) is 0 Å². The Labute approximate surface area is 107 Å². The molecule has 3 aromatic rings. The van der Waals surface area contributed by atoms with Gasteiger partial charge < -0.3 is 0 Å². The molecule has 2 aromatic heterocycles. The quantitative estimate of drug-likeness (QED) is 0.643. The summed E-state index contributed by atoms with van der Waals surface area (Å²) in [6.45, 7) is 0. The lowest BCUT2D eigenvalue weighted by molar-refractivity contribution is 1.14. The average molecular weight is 286 g/mol. The lowest BCUT2D eigenvalue weighted by Crippen LogP contribution is -1.87. The van der Waals surface area contributed by atoms with Crippen LogP contribution in [0.25, 0.3) is 22.0 Å². The molecule has 3 nitrogen and oxygen atoms in total. The summed E-state index contributed by atoms with van der Waals surface area (Å²) >= 11 is 3.36. The van der Waals surface area contributed by atoms with E-state index in [4.69, 9.17) is 0 Å². The van der Waals surface area contributed by atoms with Gasteiger partial charge in [0.15, 0.2) is 0 Å². The van der Waals surface area contributed by atoms with Gasteiger partial charge >= 0.3 is 0 Å². The van der Waals surface area contributed by atoms with E-state index in [0.29, 0.717) is 0 Å². The second-order valence-electron chi connectivity index (χ2n) is 3.63. The van der Waals surface area contributed by atoms with Crippen LogP contribution < -0.4 is 0 Å². The third-order valence-corrected chi connectivity index (χ3v) is 3.02. The van der Waals surface area contributed by atoms with Crippen molar-refractivity contribution in [3.05, 3.63) is 53.7 Å². The van der Waals surface area contributed by atoms with Crippen molar-refractivity contribution in [2.24, 2.45) is 0 Å². The molecule has 0 unspecified atom stereocenters. The minimum atomic E-state index is 0.786. The molecular weight excluding hydrogens is 278 g/mol. The molecule has 0 atom stereocenters. The predicted octanol–water partition coefficient (Wildman–Crippen LogP) is 3.45. The van der Waals surface area contributed by atoms with Crippen LogP contribution in [-0.2, 0) is 0 Å². The summed E-state index contributed by atoms with van der Waals surface area (Å²) in [4.78, 5) is 12.5. The maximum absolute atomic E-state index is 4.30. The van der Waals surface area contributed by atoms with E-state index in [9.17, 15) is 0 Å². The number of hydrogen-bond donors (Lipinski definition) is 0. The number of halogens is 1. The first-order valence-corrected chi connectivity index (χ1v) is 5.94. The van der Waals surface area contributed by atoms with E-state index < -0.39 is 0 Å². The third-order valence-electron chi connectivity index (χ3n) is 2.59. The van der Waals surface area contributed by atoms with Gasteiger partial charge in [0.05, 0.1) is 5.69 Å². The van der Waals surface area contributed by atoms with Crippen LogP contribution in [0.2, 0.25) is 0 Å². The highest BCUT2D eigenvalue weighted by Crippen LogP contribution is 2.27. The fourth-order valence-corrected chi connectivity index (χ4v) is 2.14. The highest BCUT2D eigenvalue weighted by molar-refractivity contribution is 9.10. The molecule has 0 bridgehead atoms. The van der Waals surface area contributed by atoms with Gasteiger partial charge in [0.25, 0.3) is 0 Å². The van der Waals surface area contributed by atoms with Crippen LogP contribution in [0.5, 0.6) is 0 Å². The van der Waals surface area contributed by atoms with Crippen LogP contribution >= 0.6 is 15.9 Å². The van der Waals surface area contributed by atoms with Crippen molar-refractivity contribution < 1.29 is 0 Å². The van der Waals surface area contributed by atoms with Crippen molar-refractivity contribution in [1.82, 2.24) is 15.0 Å². The number of benzene rings is 1. The molecule has 0 aliphatic carbocycles. The third kappa shape index (κ3) is 1.91. The van der Waals surface area contributed by atoms with Gasteiger partial charge in [-0.1, -0.05) is 18.2 Å². The first-order valence-electron chi connectivity index (χ1n) is 5.15. The Hall–Kier alpha value is -1.81. The summed E-state index contributed by atoms with van der Waals surface area (Å²) in [5, 5.41) is 2.26. The number of pyridine rings is 1. The van der Waals surface area contributed by atoms with Crippen molar-refractivity contribution >= 4 is 26.7 Å². The summed E-state index contributed by atoms with van der Waals surface area (Å²) in [5.74, 6) is 0. The van der Waals surface area contributed by atoms with Crippen LogP contribution in [0, 0.1) is 0 Å². The maximum atomic E-state index is 4.30. The fraction of sp³-hybridized carbons (Fsp3) is 0. The molecule has 0 spiro atoms. The molecular formula is C13H8BrN3. The second kappa shape index (κ2) is 4.22. The Balaban J connectivity index is 2.30. The molecule has 1 aromatic carbocycles. The van der Waals surface area contributed by atoms with Gasteiger partial charge in [0, 0.05) is 23.3 Å². The minimum absolute atomic E-state index is 0.786. The van der Waals surface area contributed by atoms with E-state index >= 15 is 0 Å². The number of hydrogen-bond acceptors (Lipinski definition) is 3. The monoisotopic (exact) mass is 285 g/mol. The van der Waals surface area contributed by atoms with Crippen LogP contribution in [0.15, 0.2) is 53.7 Å². The smallest absolute Gasteiger partial charge is 0.117 e. The van der Waals surface area contributed by atoms with Gasteiger partial charge in [-0.15, -0.1) is 0 Å². The SMILES string of the molecule is Brc1cc(-c2cccc3cnccc23)ncn1. The summed E-state index contributed by atoms with van der Waals surface area (Å²) in [7, 11) is 0. The molecule has 0 aliphatic heterocycles. The summed E-state index contributed by atoms with van der Waals surface area (Å²) < 4.78 is 0.786. The Morgan fingerprint density at radius 2 is 2.00 bits per heavy atom. The van der Waals surface area contributed by atoms with Gasteiger partial charge in [0.2, 0.25) is 0 Å². The van der Waals surface area contributed by atoms with E-state index in [0.717, 1.165) is 26.6 Å². The van der Waals surface area contributed by atoms with Crippen molar-refractivity contribution in [2.45, 2.75) is 0 Å². The van der Waals surface area contributed by atoms with E-state index in [-0.39, 0.29) is 0 Å². The molecule has 4 heteroatoms. The highest BCUT2D eigenvalue weighted by Gasteiger charge is 2.05. The first kappa shape index (κ1) is 10.4. The van der Waals surface area contributed by atoms with Crippen molar-refractivity contribution in [3.8, 4) is 11.3 Å². The lowest BCUT2D eigenvalue weighted by atomic mass is 10.0. The van der Waals surface area contributed by atoms with Crippen LogP contribution in [-0.4, -0.2) is 15.0 Å². The maximum Gasteiger partial charge on any atom is 0.117 e. The molecule has 0 aliphatic rings. The van der Waals surface area contributed by atoms with E-state index in [1.165, 1.54) is 0 Å². The van der Waals surface area contributed by atoms with Gasteiger partial charge in [0.1, 0.15) is 10.9 Å². The molecule has 82 valence electrons. The Morgan fingerprint density at radius 1 is 1.06 bits per heavy atom. The largest absolute Gasteiger partial charge is 0.264 e. The molecule has 0 saturated carbocycles. The second-order valence-corrected chi connectivity index (χ2v) is 4.44. The number of nitrogens with zero attached hydrogens (tertiary/aromatic N) is 3. The zero-order chi connectivity index (χ0) is 11.7. The Bertz CT molecular complexity index is 677. The number of aromatic nitrogens is 3. The van der Waals surface area contributed by atoms with Crippen molar-refractivity contribution in [1.29, 1.82) is 0 Å². The predicted molar refractivity (Wildman–Crippen MR) is 70.5 cm³/mol. The summed E-state index contributed by atoms with van der Waals surface area (Å²) in [6.07, 6.45) is 5.20. The molecule has 2 heterocycles. The molecule has 0 fully saturated rings. The van der Waals surface area contributed by atoms with Crippen LogP contribution in [0.3, 0.4) is 0 Å². The Kier molecular flexibility index (Phi) is 2.57. The molecule has 0 saturated heterocycles. The highest BCUT2D eigenvalue weighted by atomic mass is 79.9. The standard InChI is InChI=1S/C13H8BrN3/c14-13-6-12(16-8-17-13)11-3-1-2-9-7-15-5-4-10(9)11/h1-8H. The zero-order valence-corrected chi connectivity index (χ0v) is 10.4. The van der Waals surface area contributed by atoms with E-state index in [1.54, 1.807) is 12.5 Å². The number of fused-ring (bicyclic) bond motifs is 1. The zero-order valence-electron chi connectivity index (χ0n) is 8.84. The van der Waals surface area contributed by atoms with Crippen molar-refractivity contribution in [2.75, 3.05) is 0 Å². The molecule has 0 radical (unpaired) electrons. The molecule has 0 amide bonds. The first-order chi connectivity index (χ1) is 8.34. The molecule has 0 N–H and O–H groups in total. The van der Waals surface area contributed by atoms with E-state index in [1.807, 2.05) is 30.5 Å². The summed E-state index contributed by atoms with van der Waals surface area (Å²) in [5.41, 5.74) is 2.00. The van der Waals surface area contributed by atoms with Gasteiger partial charge in [-0.05, 0) is 33.4 Å². The van der Waals surface area contributed by atoms with E-state index in [2.05, 4.69) is 36.9 Å². The van der Waals surface area contributed by atoms with Gasteiger partial charge in [-0.2, -0.15) is 0 Å². The summed E-state index contributed by atoms with van der Waals surface area (Å²) in [6, 6.07) is 10.0. The van der Waals surface area contributed by atoms with Gasteiger partial charge in [-0.3, -0.25) is 4.98 Å². The fourth-order valence-electron chi connectivity index (χ4n) is 1.83. The lowest BCUT2D eigenvalue weighted by Gasteiger charge is -2.05. The normalized spacial score (nSPS) is 10.6. The minimum Gasteiger partial charge on any atom is -0.264 e. The van der Waals surface area contributed by atoms with Gasteiger partial charge in [-0.25, -0.2) is 9.97 Å². The van der Waals surface area contributed by atoms with Crippen molar-refractivity contribution in [3.63, 3.8) is 0 Å². The average Bonchev–Trinajstić information content (AvgIpc) is 2.38. The molecule has 17 heavy (non-hydrogen) atoms. The van der Waals surface area contributed by atoms with Crippen LogP contribution in [0.1, 0.15) is 0 Å².